The lowest BCUT2D eigenvalue weighted by Crippen LogP contribution is -2.50. The summed E-state index contributed by atoms with van der Waals surface area (Å²) < 4.78 is 77.8. The van der Waals surface area contributed by atoms with E-state index in [2.05, 4.69) is 0 Å². The molecule has 1 aliphatic heterocycles. The predicted octanol–water partition coefficient (Wildman–Crippen LogP) is -0.896. The first-order valence-corrected chi connectivity index (χ1v) is 26.9. The Labute approximate surface area is 325 Å². The van der Waals surface area contributed by atoms with E-state index in [-0.39, 0.29) is 72.0 Å². The summed E-state index contributed by atoms with van der Waals surface area (Å²) in [7, 11) is -24.7. The number of aryl methyl sites for hydroxylation is 1. The molecule has 2 rings (SSSR count). The molecule has 1 heterocycles. The summed E-state index contributed by atoms with van der Waals surface area (Å²) >= 11 is 0. The summed E-state index contributed by atoms with van der Waals surface area (Å²) in [5.74, 6) is 0. The van der Waals surface area contributed by atoms with Crippen LogP contribution < -0.4 is 0 Å². The van der Waals surface area contributed by atoms with E-state index in [0.717, 1.165) is 11.1 Å². The molecule has 1 saturated heterocycles. The zero-order valence-corrected chi connectivity index (χ0v) is 36.4. The lowest BCUT2D eigenvalue weighted by Gasteiger charge is -2.37. The van der Waals surface area contributed by atoms with E-state index < -0.39 is 83.4 Å². The maximum Gasteiger partial charge on any atom is 0.465 e. The molecule has 0 bridgehead atoms. The second-order valence-electron chi connectivity index (χ2n) is 13.7. The molecule has 0 aromatic heterocycles. The third-order valence-corrected chi connectivity index (χ3v) is 12.0. The highest BCUT2D eigenvalue weighted by atomic mass is 31.2. The Morgan fingerprint density at radius 3 is 1.12 bits per heavy atom. The van der Waals surface area contributed by atoms with Gasteiger partial charge in [-0.25, -0.2) is 9.13 Å². The van der Waals surface area contributed by atoms with Crippen LogP contribution in [0.15, 0.2) is 24.3 Å². The number of benzene rings is 1. The zero-order valence-electron chi connectivity index (χ0n) is 31.1. The van der Waals surface area contributed by atoms with Crippen molar-refractivity contribution in [2.45, 2.75) is 19.4 Å². The van der Waals surface area contributed by atoms with Crippen LogP contribution in [0, 0.1) is 6.92 Å². The minimum Gasteiger partial charge on any atom is -0.324 e. The molecule has 0 radical (unpaired) electrons. The fourth-order valence-corrected chi connectivity index (χ4v) is 9.91. The van der Waals surface area contributed by atoms with E-state index >= 15 is 0 Å². The van der Waals surface area contributed by atoms with Gasteiger partial charge in [0.05, 0.1) is 0 Å². The highest BCUT2D eigenvalue weighted by molar-refractivity contribution is 7.52. The number of rotatable bonds is 12. The van der Waals surface area contributed by atoms with E-state index in [4.69, 9.17) is 14.0 Å². The van der Waals surface area contributed by atoms with Crippen molar-refractivity contribution in [1.29, 1.82) is 0 Å². The van der Waals surface area contributed by atoms with Crippen molar-refractivity contribution in [3.63, 3.8) is 0 Å². The van der Waals surface area contributed by atoms with Gasteiger partial charge in [-0.05, 0) is 26.0 Å². The second kappa shape index (κ2) is 24.1. The fraction of sp³-hybridized carbons (Fsp3) is 0.769. The molecular weight excluding hydrogens is 870 g/mol. The average Bonchev–Trinajstić information content (AvgIpc) is 2.98. The molecule has 0 saturated carbocycles. The number of hydrogen-bond donors (Lipinski definition) is 11. The van der Waals surface area contributed by atoms with E-state index in [0.29, 0.717) is 6.42 Å². The SMILES string of the molecule is Cc1ccc(CC2CN(C)CCN(CP(=O)(O)O)CCN(CP(=O)(O)O)CCN(CP(=O)(O)O)CCN(CP(=O)(O)O)CCN2CP(=O)(O)O)cc1.O=P(=O)O. The van der Waals surface area contributed by atoms with Gasteiger partial charge in [0.1, 0.15) is 31.4 Å². The average molecular weight is 927 g/mol. The zero-order chi connectivity index (χ0) is 43.1. The summed E-state index contributed by atoms with van der Waals surface area (Å²) in [6, 6.07) is 6.94. The van der Waals surface area contributed by atoms with Crippen LogP contribution in [-0.2, 0) is 38.4 Å². The highest BCUT2D eigenvalue weighted by Gasteiger charge is 2.31. The van der Waals surface area contributed by atoms with E-state index in [1.807, 2.05) is 36.1 Å². The first-order valence-electron chi connectivity index (χ1n) is 16.8. The largest absolute Gasteiger partial charge is 0.465 e. The van der Waals surface area contributed by atoms with Crippen molar-refractivity contribution in [2.75, 3.05) is 110 Å². The molecule has 1 aromatic carbocycles. The van der Waals surface area contributed by atoms with Gasteiger partial charge in [0.25, 0.3) is 0 Å². The van der Waals surface area contributed by atoms with Crippen LogP contribution in [0.25, 0.3) is 0 Å². The molecule has 30 heteroatoms. The van der Waals surface area contributed by atoms with Gasteiger partial charge in [0.15, 0.2) is 0 Å². The Balaban J connectivity index is 0.00000373. The summed E-state index contributed by atoms with van der Waals surface area (Å²) in [5.41, 5.74) is 1.83. The topological polar surface area (TPSA) is 361 Å². The molecule has 328 valence electrons. The number of likely N-dealkylation sites (N-methyl/N-ethyl adjacent to an activating group) is 1. The molecular formula is C26H56N6O18P6. The Kier molecular flexibility index (Phi) is 23.1. The quantitative estimate of drug-likeness (QED) is 0.113. The first kappa shape index (κ1) is 53.6. The van der Waals surface area contributed by atoms with Gasteiger partial charge in [-0.15, -0.1) is 0 Å². The standard InChI is InChI=1S/C26H55N6O15P5.HO3P/c1-24-3-5-25(6-4-24)17-26-18-27(2)7-8-28(19-48(33,34)35)9-10-29(20-49(36,37)38)11-12-30(21-50(39,40)41)13-14-31(22-51(42,43)44)15-16-32(26)23-52(45,46)47;1-4(2)3/h3-6,26H,7-23H2,1-2H3,(H2,33,34,35)(H2,36,37,38)(H2,39,40,41)(H2,42,43,44)(H2,45,46,47);(H,1,2,3). The van der Waals surface area contributed by atoms with Crippen LogP contribution in [-0.4, -0.2) is 200 Å². The molecule has 1 atom stereocenters. The van der Waals surface area contributed by atoms with Crippen LogP contribution in [0.5, 0.6) is 0 Å². The summed E-state index contributed by atoms with van der Waals surface area (Å²) in [5, 5.41) is 0. The van der Waals surface area contributed by atoms with Crippen molar-refractivity contribution in [2.24, 2.45) is 0 Å². The van der Waals surface area contributed by atoms with Gasteiger partial charge in [-0.2, -0.15) is 0 Å². The van der Waals surface area contributed by atoms with Crippen LogP contribution in [0.2, 0.25) is 0 Å². The van der Waals surface area contributed by atoms with E-state index in [1.165, 1.54) is 24.5 Å². The van der Waals surface area contributed by atoms with Crippen molar-refractivity contribution in [3.05, 3.63) is 35.4 Å². The molecule has 24 nitrogen and oxygen atoms in total. The first-order chi connectivity index (χ1) is 25.4. The van der Waals surface area contributed by atoms with Crippen LogP contribution in [0.3, 0.4) is 0 Å². The third-order valence-electron chi connectivity index (χ3n) is 8.23. The Morgan fingerprint density at radius 2 is 0.821 bits per heavy atom. The fourth-order valence-electron chi connectivity index (χ4n) is 5.85. The van der Waals surface area contributed by atoms with Crippen molar-refractivity contribution >= 4 is 45.9 Å². The summed E-state index contributed by atoms with van der Waals surface area (Å²) in [6.45, 7) is 1.49. The van der Waals surface area contributed by atoms with Crippen molar-refractivity contribution < 1.29 is 85.8 Å². The van der Waals surface area contributed by atoms with Gasteiger partial charge in [0.2, 0.25) is 0 Å². The number of nitrogens with zero attached hydrogens (tertiary/aromatic N) is 6. The van der Waals surface area contributed by atoms with Crippen LogP contribution >= 0.6 is 45.9 Å². The monoisotopic (exact) mass is 926 g/mol. The molecule has 11 N–H and O–H groups in total. The second-order valence-corrected chi connectivity index (χ2v) is 22.2. The van der Waals surface area contributed by atoms with Gasteiger partial charge in [0, 0.05) is 78.0 Å². The molecule has 56 heavy (non-hydrogen) atoms. The normalized spacial score (nSPS) is 20.5. The molecule has 1 fully saturated rings. The minimum absolute atomic E-state index is 0.0510. The molecule has 1 unspecified atom stereocenters. The molecule has 1 aliphatic rings. The van der Waals surface area contributed by atoms with Gasteiger partial charge in [-0.1, -0.05) is 29.8 Å². The van der Waals surface area contributed by atoms with Gasteiger partial charge >= 0.3 is 45.9 Å². The lowest BCUT2D eigenvalue weighted by molar-refractivity contribution is 0.125. The van der Waals surface area contributed by atoms with Crippen LogP contribution in [0.4, 0.5) is 0 Å². The summed E-state index contributed by atoms with van der Waals surface area (Å²) in [4.78, 5) is 114. The Morgan fingerprint density at radius 1 is 0.536 bits per heavy atom. The third kappa shape index (κ3) is 28.9. The van der Waals surface area contributed by atoms with Crippen molar-refractivity contribution in [3.8, 4) is 0 Å². The maximum absolute atomic E-state index is 12.4. The van der Waals surface area contributed by atoms with E-state index in [1.54, 1.807) is 7.05 Å². The van der Waals surface area contributed by atoms with Crippen molar-refractivity contribution in [1.82, 2.24) is 29.4 Å². The Hall–Kier alpha value is -0.410. The van der Waals surface area contributed by atoms with Gasteiger partial charge in [-0.3, -0.25) is 52.2 Å². The summed E-state index contributed by atoms with van der Waals surface area (Å²) in [6.07, 6.45) is -3.35. The Bertz CT molecular complexity index is 1640. The lowest BCUT2D eigenvalue weighted by atomic mass is 10.0. The minimum atomic E-state index is -4.70. The predicted molar refractivity (Wildman–Crippen MR) is 204 cm³/mol. The number of hydrogen-bond acceptors (Lipinski definition) is 13. The van der Waals surface area contributed by atoms with Crippen LogP contribution in [0.1, 0.15) is 11.1 Å². The molecule has 0 spiro atoms. The highest BCUT2D eigenvalue weighted by Crippen LogP contribution is 2.39. The molecule has 0 aliphatic carbocycles. The molecule has 1 aromatic rings. The van der Waals surface area contributed by atoms with Gasteiger partial charge < -0.3 is 53.8 Å². The van der Waals surface area contributed by atoms with E-state index in [9.17, 15) is 71.8 Å². The maximum atomic E-state index is 12.4. The smallest absolute Gasteiger partial charge is 0.324 e. The molecule has 0 amide bonds.